The summed E-state index contributed by atoms with van der Waals surface area (Å²) in [5, 5.41) is 15.3. The molecule has 252 valence electrons. The third-order valence-electron chi connectivity index (χ3n) is 9.02. The molecule has 1 fully saturated rings. The highest BCUT2D eigenvalue weighted by atomic mass is 16.4. The lowest BCUT2D eigenvalue weighted by Gasteiger charge is -2.33. The molecule has 3 amide bonds. The van der Waals surface area contributed by atoms with Gasteiger partial charge in [-0.2, -0.15) is 4.98 Å². The van der Waals surface area contributed by atoms with E-state index in [2.05, 4.69) is 20.6 Å². The van der Waals surface area contributed by atoms with Gasteiger partial charge in [0.1, 0.15) is 11.9 Å². The highest BCUT2D eigenvalue weighted by Gasteiger charge is 2.30. The number of H-pyrrole nitrogens is 1. The monoisotopic (exact) mass is 663 g/mol. The molecule has 4 N–H and O–H groups in total. The number of hydrogen-bond donors (Lipinski definition) is 4. The number of para-hydroxylation sites is 2. The van der Waals surface area contributed by atoms with Crippen LogP contribution in [0.1, 0.15) is 51.5 Å². The smallest absolute Gasteiger partial charge is 0.346 e. The van der Waals surface area contributed by atoms with Crippen molar-refractivity contribution in [1.82, 2.24) is 29.3 Å². The Hall–Kier alpha value is -5.98. The number of carbonyl (C=O) groups excluding carboxylic acids is 2. The standard InChI is InChI=1S/C36H37N7O6/c1-22-9-8-10-23(2)30(22)32(44)39-31-25(20-37-34(47)40-31)19-27(33(45)46)38-35(48)41-17-15-26(16-18-41)43-29-14-7-6-13-28(29)42(36(43)49)21-24-11-4-3-5-12-24/h3-14,20,26-27H,15-19,21H2,1-2H3,(H,38,48)(H,45,46)(H2,37,39,40,44,47). The molecule has 2 aromatic heterocycles. The summed E-state index contributed by atoms with van der Waals surface area (Å²) in [6, 6.07) is 20.8. The SMILES string of the molecule is Cc1cccc(C)c1C(=O)Nc1nc(=O)[nH]cc1CC(NC(=O)N1CCC(n2c(=O)n(Cc3ccccc3)c3ccccc32)CC1)C(=O)O. The molecule has 3 aromatic carbocycles. The van der Waals surface area contributed by atoms with Gasteiger partial charge in [-0.15, -0.1) is 0 Å². The summed E-state index contributed by atoms with van der Waals surface area (Å²) in [5.74, 6) is -1.87. The number of aromatic nitrogens is 4. The highest BCUT2D eigenvalue weighted by molar-refractivity contribution is 6.06. The van der Waals surface area contributed by atoms with Crippen LogP contribution >= 0.6 is 0 Å². The Labute approximate surface area is 281 Å². The Balaban J connectivity index is 1.14. The zero-order chi connectivity index (χ0) is 34.7. The number of imidazole rings is 1. The molecule has 1 aliphatic rings. The van der Waals surface area contributed by atoms with Crippen molar-refractivity contribution < 1.29 is 19.5 Å². The van der Waals surface area contributed by atoms with E-state index in [1.54, 1.807) is 30.5 Å². The van der Waals surface area contributed by atoms with Gasteiger partial charge in [0, 0.05) is 42.9 Å². The first-order chi connectivity index (χ1) is 23.6. The number of benzene rings is 3. The molecule has 0 spiro atoms. The summed E-state index contributed by atoms with van der Waals surface area (Å²) in [7, 11) is 0. The van der Waals surface area contributed by atoms with Gasteiger partial charge in [0.2, 0.25) is 0 Å². The van der Waals surface area contributed by atoms with Crippen LogP contribution in [0.25, 0.3) is 11.0 Å². The van der Waals surface area contributed by atoms with Crippen molar-refractivity contribution >= 4 is 34.8 Å². The van der Waals surface area contributed by atoms with Crippen molar-refractivity contribution in [3.05, 3.63) is 128 Å². The molecule has 1 atom stereocenters. The number of anilines is 1. The van der Waals surface area contributed by atoms with Crippen LogP contribution in [0, 0.1) is 13.8 Å². The molecule has 1 aliphatic heterocycles. The summed E-state index contributed by atoms with van der Waals surface area (Å²) in [5.41, 5.74) is 3.95. The van der Waals surface area contributed by atoms with Crippen molar-refractivity contribution in [1.29, 1.82) is 0 Å². The maximum atomic E-state index is 13.7. The summed E-state index contributed by atoms with van der Waals surface area (Å²) >= 11 is 0. The van der Waals surface area contributed by atoms with Gasteiger partial charge in [-0.05, 0) is 55.5 Å². The Kier molecular flexibility index (Phi) is 9.42. The van der Waals surface area contributed by atoms with Crippen LogP contribution in [-0.4, -0.2) is 66.1 Å². The van der Waals surface area contributed by atoms with Crippen LogP contribution in [-0.2, 0) is 17.8 Å². The Bertz CT molecular complexity index is 2120. The van der Waals surface area contributed by atoms with E-state index < -0.39 is 29.6 Å². The molecule has 6 rings (SSSR count). The lowest BCUT2D eigenvalue weighted by Crippen LogP contribution is -2.51. The minimum Gasteiger partial charge on any atom is -0.480 e. The zero-order valence-corrected chi connectivity index (χ0v) is 27.2. The number of carboxylic acid groups (broad SMARTS) is 1. The lowest BCUT2D eigenvalue weighted by atomic mass is 10.0. The summed E-state index contributed by atoms with van der Waals surface area (Å²) in [6.07, 6.45) is 2.04. The van der Waals surface area contributed by atoms with E-state index >= 15 is 0 Å². The Morgan fingerprint density at radius 3 is 2.24 bits per heavy atom. The number of aromatic amines is 1. The normalized spacial score (nSPS) is 14.0. The average Bonchev–Trinajstić information content (AvgIpc) is 3.36. The van der Waals surface area contributed by atoms with Gasteiger partial charge in [0.25, 0.3) is 5.91 Å². The quantitative estimate of drug-likeness (QED) is 0.186. The number of amides is 3. The minimum atomic E-state index is -1.38. The largest absolute Gasteiger partial charge is 0.480 e. The summed E-state index contributed by atoms with van der Waals surface area (Å²) < 4.78 is 3.58. The summed E-state index contributed by atoms with van der Waals surface area (Å²) in [4.78, 5) is 72.5. The molecule has 1 saturated heterocycles. The molecule has 0 saturated carbocycles. The van der Waals surface area contributed by atoms with Crippen molar-refractivity contribution in [2.24, 2.45) is 0 Å². The number of fused-ring (bicyclic) bond motifs is 1. The number of urea groups is 1. The number of carbonyl (C=O) groups is 3. The van der Waals surface area contributed by atoms with E-state index in [9.17, 15) is 29.1 Å². The number of nitrogens with one attached hydrogen (secondary N) is 3. The van der Waals surface area contributed by atoms with E-state index in [1.807, 2.05) is 65.2 Å². The number of piperidine rings is 1. The van der Waals surface area contributed by atoms with Crippen molar-refractivity contribution in [3.63, 3.8) is 0 Å². The Morgan fingerprint density at radius 2 is 1.57 bits per heavy atom. The summed E-state index contributed by atoms with van der Waals surface area (Å²) in [6.45, 7) is 4.63. The first-order valence-electron chi connectivity index (χ1n) is 16.1. The molecule has 13 nitrogen and oxygen atoms in total. The van der Waals surface area contributed by atoms with Crippen LogP contribution < -0.4 is 22.0 Å². The molecule has 3 heterocycles. The molecule has 13 heteroatoms. The third-order valence-corrected chi connectivity index (χ3v) is 9.02. The van der Waals surface area contributed by atoms with Crippen LogP contribution in [0.15, 0.2) is 88.6 Å². The number of likely N-dealkylation sites (tertiary alicyclic amines) is 1. The van der Waals surface area contributed by atoms with Crippen molar-refractivity contribution in [2.75, 3.05) is 18.4 Å². The molecular formula is C36H37N7O6. The second kappa shape index (κ2) is 14.0. The van der Waals surface area contributed by atoms with E-state index in [0.29, 0.717) is 38.0 Å². The third kappa shape index (κ3) is 7.00. The Morgan fingerprint density at radius 1 is 0.918 bits per heavy atom. The number of rotatable bonds is 9. The number of aryl methyl sites for hydroxylation is 2. The maximum absolute atomic E-state index is 13.7. The maximum Gasteiger partial charge on any atom is 0.346 e. The number of nitrogens with zero attached hydrogens (tertiary/aromatic N) is 4. The highest BCUT2D eigenvalue weighted by Crippen LogP contribution is 2.26. The fourth-order valence-electron chi connectivity index (χ4n) is 6.52. The average molecular weight is 664 g/mol. The number of hydrogen-bond acceptors (Lipinski definition) is 6. The number of carboxylic acids is 1. The van der Waals surface area contributed by atoms with E-state index in [4.69, 9.17) is 0 Å². The predicted octanol–water partition coefficient (Wildman–Crippen LogP) is 3.85. The molecular weight excluding hydrogens is 626 g/mol. The first kappa shape index (κ1) is 32.9. The van der Waals surface area contributed by atoms with Crippen LogP contribution in [0.4, 0.5) is 10.6 Å². The molecule has 0 aliphatic carbocycles. The van der Waals surface area contributed by atoms with Gasteiger partial charge in [0.15, 0.2) is 0 Å². The van der Waals surface area contributed by atoms with Gasteiger partial charge in [-0.25, -0.2) is 19.2 Å². The van der Waals surface area contributed by atoms with E-state index in [1.165, 1.54) is 11.1 Å². The molecule has 0 bridgehead atoms. The lowest BCUT2D eigenvalue weighted by molar-refractivity contribution is -0.139. The van der Waals surface area contributed by atoms with E-state index in [0.717, 1.165) is 27.7 Å². The fraction of sp³-hybridized carbons (Fsp3) is 0.278. The van der Waals surface area contributed by atoms with Crippen LogP contribution in [0.5, 0.6) is 0 Å². The second-order valence-corrected chi connectivity index (χ2v) is 12.3. The predicted molar refractivity (Wildman–Crippen MR) is 184 cm³/mol. The van der Waals surface area contributed by atoms with Gasteiger partial charge in [-0.1, -0.05) is 60.7 Å². The van der Waals surface area contributed by atoms with Gasteiger partial charge in [0.05, 0.1) is 17.6 Å². The van der Waals surface area contributed by atoms with Crippen LogP contribution in [0.3, 0.4) is 0 Å². The fourth-order valence-corrected chi connectivity index (χ4v) is 6.52. The van der Waals surface area contributed by atoms with Crippen LogP contribution in [0.2, 0.25) is 0 Å². The van der Waals surface area contributed by atoms with Crippen molar-refractivity contribution in [3.8, 4) is 0 Å². The van der Waals surface area contributed by atoms with Gasteiger partial charge < -0.3 is 25.6 Å². The van der Waals surface area contributed by atoms with Crippen molar-refractivity contribution in [2.45, 2.75) is 51.7 Å². The first-order valence-corrected chi connectivity index (χ1v) is 16.1. The van der Waals surface area contributed by atoms with Gasteiger partial charge >= 0.3 is 23.4 Å². The molecule has 0 radical (unpaired) electrons. The number of aliphatic carboxylic acids is 1. The van der Waals surface area contributed by atoms with Gasteiger partial charge in [-0.3, -0.25) is 13.9 Å². The zero-order valence-electron chi connectivity index (χ0n) is 27.2. The second-order valence-electron chi connectivity index (χ2n) is 12.3. The van der Waals surface area contributed by atoms with E-state index in [-0.39, 0.29) is 29.5 Å². The topological polar surface area (TPSA) is 171 Å². The molecule has 5 aromatic rings. The molecule has 1 unspecified atom stereocenters. The minimum absolute atomic E-state index is 0.0883. The molecule has 49 heavy (non-hydrogen) atoms.